The molecule has 0 aliphatic heterocycles. The second-order valence-electron chi connectivity index (χ2n) is 3.37. The highest BCUT2D eigenvalue weighted by atomic mass is 15.1. The van der Waals surface area contributed by atoms with Crippen LogP contribution in [-0.2, 0) is 0 Å². The number of rotatable bonds is 2. The molecule has 0 N–H and O–H groups in total. The van der Waals surface area contributed by atoms with Gasteiger partial charge in [-0.2, -0.15) is 10.2 Å². The first-order chi connectivity index (χ1) is 10.3. The third kappa shape index (κ3) is 9.79. The molecular formula is C19H24N2. The van der Waals surface area contributed by atoms with E-state index in [0.717, 1.165) is 11.4 Å². The summed E-state index contributed by atoms with van der Waals surface area (Å²) in [5.74, 6) is 0. The van der Waals surface area contributed by atoms with Crippen molar-refractivity contribution < 1.29 is 0 Å². The summed E-state index contributed by atoms with van der Waals surface area (Å²) in [6, 6.07) is 17.7. The fourth-order valence-electron chi connectivity index (χ4n) is 1.22. The van der Waals surface area contributed by atoms with Gasteiger partial charge in [-0.3, -0.25) is 0 Å². The molecule has 0 saturated heterocycles. The van der Waals surface area contributed by atoms with Crippen LogP contribution in [0.2, 0.25) is 0 Å². The Labute approximate surface area is 128 Å². The Morgan fingerprint density at radius 1 is 0.571 bits per heavy atom. The van der Waals surface area contributed by atoms with E-state index < -0.39 is 0 Å². The van der Waals surface area contributed by atoms with E-state index >= 15 is 0 Å². The molecule has 0 radical (unpaired) electrons. The highest BCUT2D eigenvalue weighted by molar-refractivity contribution is 5.40. The van der Waals surface area contributed by atoms with Crippen molar-refractivity contribution in [3.63, 3.8) is 0 Å². The van der Waals surface area contributed by atoms with Crippen LogP contribution in [0.15, 0.2) is 104 Å². The van der Waals surface area contributed by atoms with Crippen molar-refractivity contribution in [2.75, 3.05) is 0 Å². The van der Waals surface area contributed by atoms with E-state index in [2.05, 4.69) is 56.6 Å². The zero-order valence-corrected chi connectivity index (χ0v) is 12.8. The van der Waals surface area contributed by atoms with E-state index in [1.807, 2.05) is 54.6 Å². The molecule has 0 heterocycles. The second-order valence-corrected chi connectivity index (χ2v) is 3.37. The van der Waals surface area contributed by atoms with Gasteiger partial charge in [0.2, 0.25) is 0 Å². The summed E-state index contributed by atoms with van der Waals surface area (Å²) in [7, 11) is 0. The monoisotopic (exact) mass is 280 g/mol. The van der Waals surface area contributed by atoms with Crippen LogP contribution in [0.25, 0.3) is 0 Å². The minimum atomic E-state index is 0.873. The Balaban J connectivity index is 0. The zero-order chi connectivity index (χ0) is 16.5. The minimum absolute atomic E-state index is 0.873. The Bertz CT molecular complexity index is 482. The average molecular weight is 280 g/mol. The summed E-state index contributed by atoms with van der Waals surface area (Å²) in [6.07, 6.45) is 0. The summed E-state index contributed by atoms with van der Waals surface area (Å²) in [6.45, 7) is 20.1. The Morgan fingerprint density at radius 3 is 1.38 bits per heavy atom. The smallest absolute Gasteiger partial charge is 0.0857 e. The van der Waals surface area contributed by atoms with Crippen LogP contribution < -0.4 is 0 Å². The maximum atomic E-state index is 4.14. The molecule has 0 unspecified atom stereocenters. The van der Waals surface area contributed by atoms with Crippen LogP contribution in [-0.4, -0.2) is 0 Å². The maximum absolute atomic E-state index is 4.14. The van der Waals surface area contributed by atoms with Gasteiger partial charge in [0.1, 0.15) is 0 Å². The first kappa shape index (κ1) is 20.6. The molecule has 0 aromatic heterocycles. The minimum Gasteiger partial charge on any atom is -0.151 e. The zero-order valence-electron chi connectivity index (χ0n) is 12.8. The molecule has 21 heavy (non-hydrogen) atoms. The predicted octanol–water partition coefficient (Wildman–Crippen LogP) is 6.82. The molecule has 0 fully saturated rings. The second kappa shape index (κ2) is 15.3. The van der Waals surface area contributed by atoms with Gasteiger partial charge in [-0.15, -0.1) is 39.5 Å². The number of hydrogen-bond acceptors (Lipinski definition) is 2. The molecule has 0 aliphatic rings. The molecule has 0 aliphatic carbocycles. The average Bonchev–Trinajstić information content (AvgIpc) is 2.61. The largest absolute Gasteiger partial charge is 0.151 e. The SMILES string of the molecule is C=C.C=C.C=C.Cc1ccc(N=Nc2ccccc2)cc1. The first-order valence-corrected chi connectivity index (χ1v) is 6.38. The van der Waals surface area contributed by atoms with E-state index in [0.29, 0.717) is 0 Å². The molecule has 2 aromatic rings. The van der Waals surface area contributed by atoms with E-state index in [-0.39, 0.29) is 0 Å². The molecule has 2 aromatic carbocycles. The standard InChI is InChI=1S/C13H12N2.3C2H4/c1-11-7-9-13(10-8-11)15-14-12-5-3-2-4-6-12;3*1-2/h2-10H,1H3;3*1-2H2. The molecule has 0 bridgehead atoms. The van der Waals surface area contributed by atoms with E-state index in [1.54, 1.807) is 0 Å². The van der Waals surface area contributed by atoms with Gasteiger partial charge >= 0.3 is 0 Å². The van der Waals surface area contributed by atoms with Gasteiger partial charge in [0, 0.05) is 0 Å². The topological polar surface area (TPSA) is 24.7 Å². The number of aryl methyl sites for hydroxylation is 1. The number of azo groups is 1. The number of nitrogens with zero attached hydrogens (tertiary/aromatic N) is 2. The van der Waals surface area contributed by atoms with Crippen molar-refractivity contribution in [2.45, 2.75) is 6.92 Å². The summed E-state index contributed by atoms with van der Waals surface area (Å²) in [5.41, 5.74) is 2.98. The van der Waals surface area contributed by atoms with E-state index in [1.165, 1.54) is 5.56 Å². The lowest BCUT2D eigenvalue weighted by atomic mass is 10.2. The predicted molar refractivity (Wildman–Crippen MR) is 95.6 cm³/mol. The van der Waals surface area contributed by atoms with Crippen molar-refractivity contribution in [3.8, 4) is 0 Å². The molecule has 0 spiro atoms. The molecule has 2 heteroatoms. The molecule has 0 amide bonds. The van der Waals surface area contributed by atoms with Crippen LogP contribution >= 0.6 is 0 Å². The normalized spacial score (nSPS) is 8.24. The molecule has 0 saturated carbocycles. The molecule has 2 nitrogen and oxygen atoms in total. The van der Waals surface area contributed by atoms with Gasteiger partial charge < -0.3 is 0 Å². The lowest BCUT2D eigenvalue weighted by molar-refractivity contribution is 1.23. The first-order valence-electron chi connectivity index (χ1n) is 6.38. The summed E-state index contributed by atoms with van der Waals surface area (Å²) in [5, 5.41) is 8.27. The van der Waals surface area contributed by atoms with Crippen LogP contribution in [0, 0.1) is 6.92 Å². The third-order valence-electron chi connectivity index (χ3n) is 2.07. The van der Waals surface area contributed by atoms with Gasteiger partial charge in [-0.05, 0) is 31.2 Å². The van der Waals surface area contributed by atoms with Gasteiger partial charge in [0.05, 0.1) is 11.4 Å². The van der Waals surface area contributed by atoms with Crippen LogP contribution in [0.1, 0.15) is 5.56 Å². The lowest BCUT2D eigenvalue weighted by Gasteiger charge is -1.93. The Kier molecular flexibility index (Phi) is 15.0. The van der Waals surface area contributed by atoms with E-state index in [4.69, 9.17) is 0 Å². The molecule has 110 valence electrons. The van der Waals surface area contributed by atoms with Gasteiger partial charge in [-0.1, -0.05) is 35.9 Å². The third-order valence-corrected chi connectivity index (χ3v) is 2.07. The Morgan fingerprint density at radius 2 is 0.952 bits per heavy atom. The quantitative estimate of drug-likeness (QED) is 0.426. The van der Waals surface area contributed by atoms with Gasteiger partial charge in [0.25, 0.3) is 0 Å². The summed E-state index contributed by atoms with van der Waals surface area (Å²) >= 11 is 0. The Hall–Kier alpha value is -2.74. The van der Waals surface area contributed by atoms with Crippen molar-refractivity contribution >= 4 is 11.4 Å². The lowest BCUT2D eigenvalue weighted by Crippen LogP contribution is -1.68. The van der Waals surface area contributed by atoms with Crippen LogP contribution in [0.5, 0.6) is 0 Å². The van der Waals surface area contributed by atoms with Gasteiger partial charge in [0.15, 0.2) is 0 Å². The van der Waals surface area contributed by atoms with Crippen molar-refractivity contribution in [3.05, 3.63) is 99.6 Å². The van der Waals surface area contributed by atoms with Crippen molar-refractivity contribution in [1.82, 2.24) is 0 Å². The fourth-order valence-corrected chi connectivity index (χ4v) is 1.22. The number of hydrogen-bond donors (Lipinski definition) is 0. The fraction of sp³-hybridized carbons (Fsp3) is 0.0526. The maximum Gasteiger partial charge on any atom is 0.0857 e. The summed E-state index contributed by atoms with van der Waals surface area (Å²) < 4.78 is 0. The molecular weight excluding hydrogens is 256 g/mol. The highest BCUT2D eigenvalue weighted by Gasteiger charge is 1.89. The van der Waals surface area contributed by atoms with E-state index in [9.17, 15) is 0 Å². The van der Waals surface area contributed by atoms with Crippen molar-refractivity contribution in [1.29, 1.82) is 0 Å². The van der Waals surface area contributed by atoms with Gasteiger partial charge in [-0.25, -0.2) is 0 Å². The van der Waals surface area contributed by atoms with Crippen LogP contribution in [0.3, 0.4) is 0 Å². The summed E-state index contributed by atoms with van der Waals surface area (Å²) in [4.78, 5) is 0. The van der Waals surface area contributed by atoms with Crippen molar-refractivity contribution in [2.24, 2.45) is 10.2 Å². The number of benzene rings is 2. The van der Waals surface area contributed by atoms with Crippen LogP contribution in [0.4, 0.5) is 11.4 Å². The highest BCUT2D eigenvalue weighted by Crippen LogP contribution is 2.17. The molecule has 2 rings (SSSR count). The molecule has 0 atom stereocenters.